The van der Waals surface area contributed by atoms with E-state index in [1.807, 2.05) is 19.1 Å². The van der Waals surface area contributed by atoms with Crippen molar-refractivity contribution in [2.45, 2.75) is 26.8 Å². The van der Waals surface area contributed by atoms with Crippen molar-refractivity contribution < 1.29 is 0 Å². The molecule has 0 spiro atoms. The monoisotopic (exact) mass is 289 g/mol. The first kappa shape index (κ1) is 12.6. The Balaban J connectivity index is 2.12. The van der Waals surface area contributed by atoms with Gasteiger partial charge in [-0.3, -0.25) is 4.57 Å². The van der Waals surface area contributed by atoms with E-state index in [0.29, 0.717) is 0 Å². The summed E-state index contributed by atoms with van der Waals surface area (Å²) in [4.78, 5) is 9.19. The summed E-state index contributed by atoms with van der Waals surface area (Å²) in [6.45, 7) is 4.99. The van der Waals surface area contributed by atoms with Crippen molar-refractivity contribution in [1.29, 1.82) is 0 Å². The Kier molecular flexibility index (Phi) is 3.24. The summed E-state index contributed by atoms with van der Waals surface area (Å²) < 4.78 is 2.83. The summed E-state index contributed by atoms with van der Waals surface area (Å²) >= 11 is 7.21. The molecule has 19 heavy (non-hydrogen) atoms. The van der Waals surface area contributed by atoms with Crippen molar-refractivity contribution in [3.63, 3.8) is 0 Å². The van der Waals surface area contributed by atoms with E-state index in [1.54, 1.807) is 11.3 Å². The van der Waals surface area contributed by atoms with Crippen LogP contribution in [0.3, 0.4) is 0 Å². The Bertz CT molecular complexity index is 779. The number of nitrogens with zero attached hydrogens (tertiary/aromatic N) is 2. The highest BCUT2D eigenvalue weighted by Gasteiger charge is 2.09. The summed E-state index contributed by atoms with van der Waals surface area (Å²) in [5, 5.41) is 2.14. The number of aryl methyl sites for hydroxylation is 2. The zero-order valence-corrected chi connectivity index (χ0v) is 12.6. The SMILES string of the molecule is CCc1ccsc1Cn1c(=S)[nH]c2ccc(C)nc21. The second-order valence-corrected chi connectivity index (χ2v) is 5.95. The molecule has 3 aromatic heterocycles. The van der Waals surface area contributed by atoms with E-state index in [2.05, 4.69) is 32.9 Å². The van der Waals surface area contributed by atoms with Gasteiger partial charge in [0.25, 0.3) is 0 Å². The smallest absolute Gasteiger partial charge is 0.179 e. The van der Waals surface area contributed by atoms with Crippen molar-refractivity contribution in [2.75, 3.05) is 0 Å². The molecule has 98 valence electrons. The van der Waals surface area contributed by atoms with Crippen molar-refractivity contribution in [3.8, 4) is 0 Å². The molecule has 0 amide bonds. The minimum absolute atomic E-state index is 0.739. The molecule has 3 heterocycles. The summed E-state index contributed by atoms with van der Waals surface area (Å²) in [5.74, 6) is 0. The first-order chi connectivity index (χ1) is 9.19. The van der Waals surface area contributed by atoms with Crippen LogP contribution < -0.4 is 0 Å². The number of aromatic amines is 1. The minimum atomic E-state index is 0.739. The Labute approximate surface area is 120 Å². The topological polar surface area (TPSA) is 33.6 Å². The van der Waals surface area contributed by atoms with Gasteiger partial charge >= 0.3 is 0 Å². The molecule has 0 radical (unpaired) electrons. The predicted molar refractivity (Wildman–Crippen MR) is 82.5 cm³/mol. The molecule has 0 saturated carbocycles. The maximum absolute atomic E-state index is 5.42. The molecular weight excluding hydrogens is 274 g/mol. The fourth-order valence-electron chi connectivity index (χ4n) is 2.24. The van der Waals surface area contributed by atoms with Crippen molar-refractivity contribution in [1.82, 2.24) is 14.5 Å². The number of thiophene rings is 1. The van der Waals surface area contributed by atoms with E-state index in [-0.39, 0.29) is 0 Å². The second-order valence-electron chi connectivity index (χ2n) is 4.56. The van der Waals surface area contributed by atoms with E-state index in [9.17, 15) is 0 Å². The molecule has 3 nitrogen and oxygen atoms in total. The van der Waals surface area contributed by atoms with Gasteiger partial charge in [0.15, 0.2) is 10.4 Å². The van der Waals surface area contributed by atoms with Crippen LogP contribution >= 0.6 is 23.6 Å². The maximum atomic E-state index is 5.42. The van der Waals surface area contributed by atoms with Crippen LogP contribution in [0.2, 0.25) is 0 Å². The fraction of sp³-hybridized carbons (Fsp3) is 0.286. The van der Waals surface area contributed by atoms with Crippen LogP contribution in [0, 0.1) is 11.7 Å². The molecule has 0 fully saturated rings. The second kappa shape index (κ2) is 4.90. The number of aromatic nitrogens is 3. The maximum Gasteiger partial charge on any atom is 0.179 e. The predicted octanol–water partition coefficient (Wildman–Crippen LogP) is 4.07. The van der Waals surface area contributed by atoms with E-state index >= 15 is 0 Å². The number of nitrogens with one attached hydrogen (secondary N) is 1. The van der Waals surface area contributed by atoms with Gasteiger partial charge in [0.05, 0.1) is 12.1 Å². The Morgan fingerprint density at radius 3 is 3.00 bits per heavy atom. The summed E-state index contributed by atoms with van der Waals surface area (Å²) in [6.07, 6.45) is 1.06. The van der Waals surface area contributed by atoms with Crippen LogP contribution in [0.15, 0.2) is 23.6 Å². The molecule has 0 aliphatic carbocycles. The average Bonchev–Trinajstić information content (AvgIpc) is 2.96. The van der Waals surface area contributed by atoms with Crippen LogP contribution in [0.1, 0.15) is 23.1 Å². The number of hydrogen-bond acceptors (Lipinski definition) is 3. The van der Waals surface area contributed by atoms with Gasteiger partial charge in [-0.05, 0) is 54.7 Å². The molecular formula is C14H15N3S2. The number of hydrogen-bond donors (Lipinski definition) is 1. The largest absolute Gasteiger partial charge is 0.329 e. The molecule has 0 saturated heterocycles. The van der Waals surface area contributed by atoms with Crippen molar-refractivity contribution in [2.24, 2.45) is 0 Å². The lowest BCUT2D eigenvalue weighted by atomic mass is 10.2. The highest BCUT2D eigenvalue weighted by Crippen LogP contribution is 2.21. The fourth-order valence-corrected chi connectivity index (χ4v) is 3.46. The normalized spacial score (nSPS) is 11.3. The van der Waals surface area contributed by atoms with Crippen LogP contribution in [0.5, 0.6) is 0 Å². The third kappa shape index (κ3) is 2.24. The third-order valence-electron chi connectivity index (χ3n) is 3.28. The zero-order chi connectivity index (χ0) is 13.4. The molecule has 5 heteroatoms. The van der Waals surface area contributed by atoms with Crippen LogP contribution in [0.25, 0.3) is 11.2 Å². The highest BCUT2D eigenvalue weighted by molar-refractivity contribution is 7.71. The van der Waals surface area contributed by atoms with Gasteiger partial charge in [-0.1, -0.05) is 6.92 Å². The molecule has 1 N–H and O–H groups in total. The van der Waals surface area contributed by atoms with Gasteiger partial charge in [0.2, 0.25) is 0 Å². The van der Waals surface area contributed by atoms with Gasteiger partial charge in [0.1, 0.15) is 0 Å². The first-order valence-corrected chi connectivity index (χ1v) is 7.59. The molecule has 0 aliphatic heterocycles. The van der Waals surface area contributed by atoms with Crippen LogP contribution in [-0.2, 0) is 13.0 Å². The Hall–Kier alpha value is -1.46. The molecule has 0 aromatic carbocycles. The van der Waals surface area contributed by atoms with Crippen LogP contribution in [-0.4, -0.2) is 14.5 Å². The van der Waals surface area contributed by atoms with Crippen molar-refractivity contribution in [3.05, 3.63) is 44.5 Å². The standard InChI is InChI=1S/C14H15N3S2/c1-3-10-6-7-19-12(10)8-17-13-11(16-14(17)18)5-4-9(2)15-13/h4-7H,3,8H2,1-2H3,(H,16,18). The van der Waals surface area contributed by atoms with Gasteiger partial charge in [-0.15, -0.1) is 11.3 Å². The quantitative estimate of drug-likeness (QED) is 0.737. The van der Waals surface area contributed by atoms with Gasteiger partial charge in [-0.2, -0.15) is 0 Å². The molecule has 3 rings (SSSR count). The number of fused-ring (bicyclic) bond motifs is 1. The van der Waals surface area contributed by atoms with Crippen molar-refractivity contribution >= 4 is 34.7 Å². The molecule has 0 aliphatic rings. The summed E-state index contributed by atoms with van der Waals surface area (Å²) in [5.41, 5.74) is 4.36. The molecule has 3 aromatic rings. The lowest BCUT2D eigenvalue weighted by Crippen LogP contribution is -2.01. The highest BCUT2D eigenvalue weighted by atomic mass is 32.1. The van der Waals surface area contributed by atoms with E-state index in [4.69, 9.17) is 12.2 Å². The number of rotatable bonds is 3. The van der Waals surface area contributed by atoms with Gasteiger partial charge < -0.3 is 4.98 Å². The van der Waals surface area contributed by atoms with E-state index < -0.39 is 0 Å². The number of pyridine rings is 1. The Morgan fingerprint density at radius 2 is 2.21 bits per heavy atom. The van der Waals surface area contributed by atoms with Gasteiger partial charge in [0, 0.05) is 10.6 Å². The van der Waals surface area contributed by atoms with E-state index in [1.165, 1.54) is 10.4 Å². The summed E-state index contributed by atoms with van der Waals surface area (Å²) in [6, 6.07) is 6.23. The zero-order valence-electron chi connectivity index (χ0n) is 10.9. The number of imidazole rings is 1. The molecule has 0 unspecified atom stereocenters. The first-order valence-electron chi connectivity index (χ1n) is 6.30. The lowest BCUT2D eigenvalue weighted by molar-refractivity contribution is 0.803. The average molecular weight is 289 g/mol. The van der Waals surface area contributed by atoms with Gasteiger partial charge in [-0.25, -0.2) is 4.98 Å². The number of H-pyrrole nitrogens is 1. The Morgan fingerprint density at radius 1 is 1.37 bits per heavy atom. The van der Waals surface area contributed by atoms with Crippen LogP contribution in [0.4, 0.5) is 0 Å². The van der Waals surface area contributed by atoms with E-state index in [0.717, 1.165) is 34.6 Å². The summed E-state index contributed by atoms with van der Waals surface area (Å²) in [7, 11) is 0. The molecule has 0 atom stereocenters. The third-order valence-corrected chi connectivity index (χ3v) is 4.55. The minimum Gasteiger partial charge on any atom is -0.329 e. The lowest BCUT2D eigenvalue weighted by Gasteiger charge is -2.04. The molecule has 0 bridgehead atoms.